The van der Waals surface area contributed by atoms with Gasteiger partial charge in [0.2, 0.25) is 0 Å². The second kappa shape index (κ2) is 9.62. The van der Waals surface area contributed by atoms with Crippen LogP contribution >= 0.6 is 0 Å². The van der Waals surface area contributed by atoms with E-state index < -0.39 is 5.97 Å². The van der Waals surface area contributed by atoms with E-state index in [0.29, 0.717) is 27.9 Å². The monoisotopic (exact) mass is 475 g/mol. The Hall–Kier alpha value is -4.13. The van der Waals surface area contributed by atoms with E-state index in [1.807, 2.05) is 19.1 Å². The van der Waals surface area contributed by atoms with Gasteiger partial charge in [-0.1, -0.05) is 13.3 Å². The molecule has 6 nitrogen and oxygen atoms in total. The number of amides is 1. The second-order valence-electron chi connectivity index (χ2n) is 8.32. The molecule has 2 N–H and O–H groups in total. The quantitative estimate of drug-likeness (QED) is 0.331. The lowest BCUT2D eigenvalue weighted by Gasteiger charge is -2.15. The SMILES string of the molecule is CCCc1cc2oc(-c3ccc(F)cc3)c(C(=O)NC)c2cc1-c1cc(C(=O)O)c(OC)cc1C. The van der Waals surface area contributed by atoms with Crippen molar-refractivity contribution in [2.75, 3.05) is 14.2 Å². The van der Waals surface area contributed by atoms with Crippen molar-refractivity contribution in [3.63, 3.8) is 0 Å². The lowest BCUT2D eigenvalue weighted by Crippen LogP contribution is -2.18. The van der Waals surface area contributed by atoms with Crippen molar-refractivity contribution in [3.8, 4) is 28.2 Å². The van der Waals surface area contributed by atoms with E-state index in [-0.39, 0.29) is 23.0 Å². The Morgan fingerprint density at radius 1 is 1.09 bits per heavy atom. The molecular formula is C28H26FNO5. The first-order chi connectivity index (χ1) is 16.8. The number of hydrogen-bond donors (Lipinski definition) is 2. The van der Waals surface area contributed by atoms with Crippen LogP contribution in [0.3, 0.4) is 0 Å². The van der Waals surface area contributed by atoms with Crippen molar-refractivity contribution in [2.45, 2.75) is 26.7 Å². The van der Waals surface area contributed by atoms with Crippen molar-refractivity contribution in [3.05, 3.63) is 76.6 Å². The molecule has 0 aliphatic rings. The molecule has 1 aromatic heterocycles. The largest absolute Gasteiger partial charge is 0.496 e. The number of ether oxygens (including phenoxy) is 1. The summed E-state index contributed by atoms with van der Waals surface area (Å²) < 4.78 is 25.0. The smallest absolute Gasteiger partial charge is 0.339 e. The molecule has 0 atom stereocenters. The lowest BCUT2D eigenvalue weighted by atomic mass is 9.90. The van der Waals surface area contributed by atoms with Gasteiger partial charge in [-0.25, -0.2) is 9.18 Å². The van der Waals surface area contributed by atoms with E-state index in [1.54, 1.807) is 24.3 Å². The van der Waals surface area contributed by atoms with Crippen LogP contribution < -0.4 is 10.1 Å². The minimum Gasteiger partial charge on any atom is -0.496 e. The number of furan rings is 1. The van der Waals surface area contributed by atoms with Crippen LogP contribution in [0.25, 0.3) is 33.4 Å². The number of benzene rings is 3. The van der Waals surface area contributed by atoms with Crippen molar-refractivity contribution in [1.29, 1.82) is 0 Å². The highest BCUT2D eigenvalue weighted by molar-refractivity contribution is 6.12. The maximum absolute atomic E-state index is 13.5. The highest BCUT2D eigenvalue weighted by atomic mass is 19.1. The average molecular weight is 476 g/mol. The minimum absolute atomic E-state index is 0.0568. The third kappa shape index (κ3) is 4.37. The molecule has 7 heteroatoms. The minimum atomic E-state index is -1.09. The molecule has 180 valence electrons. The molecule has 4 rings (SSSR count). The standard InChI is InChI=1S/C28H26FNO5/c1-5-6-17-12-24-21(14-20(17)19-13-22(28(32)33)23(34-4)11-15(19)2)25(27(31)30-3)26(35-24)16-7-9-18(29)10-8-16/h7-14H,5-6H2,1-4H3,(H,30,31)(H,32,33). The summed E-state index contributed by atoms with van der Waals surface area (Å²) in [5.74, 6) is -1.19. The number of methoxy groups -OCH3 is 1. The summed E-state index contributed by atoms with van der Waals surface area (Å²) >= 11 is 0. The van der Waals surface area contributed by atoms with Gasteiger partial charge in [0.05, 0.1) is 12.7 Å². The number of carbonyl (C=O) groups is 2. The van der Waals surface area contributed by atoms with Crippen LogP contribution in [0.4, 0.5) is 4.39 Å². The topological polar surface area (TPSA) is 88.8 Å². The van der Waals surface area contributed by atoms with Gasteiger partial charge in [-0.2, -0.15) is 0 Å². The molecule has 0 fully saturated rings. The summed E-state index contributed by atoms with van der Waals surface area (Å²) in [7, 11) is 2.97. The zero-order valence-electron chi connectivity index (χ0n) is 20.0. The van der Waals surface area contributed by atoms with Crippen LogP contribution in [0.1, 0.15) is 45.2 Å². The molecule has 0 aliphatic carbocycles. The number of hydrogen-bond acceptors (Lipinski definition) is 4. The van der Waals surface area contributed by atoms with Gasteiger partial charge in [0.1, 0.15) is 28.5 Å². The van der Waals surface area contributed by atoms with Crippen LogP contribution in [0, 0.1) is 12.7 Å². The van der Waals surface area contributed by atoms with Crippen LogP contribution in [-0.2, 0) is 6.42 Å². The molecular weight excluding hydrogens is 449 g/mol. The highest BCUT2D eigenvalue weighted by Crippen LogP contribution is 2.40. The van der Waals surface area contributed by atoms with Crippen molar-refractivity contribution < 1.29 is 28.2 Å². The molecule has 3 aromatic carbocycles. The molecule has 4 aromatic rings. The maximum Gasteiger partial charge on any atom is 0.339 e. The normalized spacial score (nSPS) is 11.0. The summed E-state index contributed by atoms with van der Waals surface area (Å²) in [6, 6.07) is 12.9. The summed E-state index contributed by atoms with van der Waals surface area (Å²) in [5.41, 5.74) is 4.86. The molecule has 0 spiro atoms. The summed E-state index contributed by atoms with van der Waals surface area (Å²) in [6.45, 7) is 3.95. The molecule has 35 heavy (non-hydrogen) atoms. The predicted molar refractivity (Wildman–Crippen MR) is 133 cm³/mol. The van der Waals surface area contributed by atoms with Gasteiger partial charge in [0.25, 0.3) is 5.91 Å². The molecule has 0 bridgehead atoms. The number of carbonyl (C=O) groups excluding carboxylic acids is 1. The fraction of sp³-hybridized carbons (Fsp3) is 0.214. The van der Waals surface area contributed by atoms with Gasteiger partial charge in [0.15, 0.2) is 0 Å². The molecule has 0 saturated heterocycles. The molecule has 1 heterocycles. The summed E-state index contributed by atoms with van der Waals surface area (Å²) in [4.78, 5) is 24.9. The maximum atomic E-state index is 13.5. The van der Waals surface area contributed by atoms with Gasteiger partial charge < -0.3 is 19.6 Å². The van der Waals surface area contributed by atoms with Crippen LogP contribution in [0.5, 0.6) is 5.75 Å². The number of fused-ring (bicyclic) bond motifs is 1. The Bertz CT molecular complexity index is 1440. The first-order valence-corrected chi connectivity index (χ1v) is 11.3. The fourth-order valence-corrected chi connectivity index (χ4v) is 4.37. The van der Waals surface area contributed by atoms with E-state index in [0.717, 1.165) is 35.1 Å². The van der Waals surface area contributed by atoms with E-state index in [4.69, 9.17) is 9.15 Å². The fourth-order valence-electron chi connectivity index (χ4n) is 4.37. The molecule has 0 radical (unpaired) electrons. The van der Waals surface area contributed by atoms with E-state index >= 15 is 0 Å². The Morgan fingerprint density at radius 2 is 1.80 bits per heavy atom. The molecule has 0 unspecified atom stereocenters. The number of carboxylic acid groups (broad SMARTS) is 1. The van der Waals surface area contributed by atoms with E-state index in [2.05, 4.69) is 12.2 Å². The van der Waals surface area contributed by atoms with Crippen LogP contribution in [-0.4, -0.2) is 31.1 Å². The first kappa shape index (κ1) is 24.0. The number of aryl methyl sites for hydroxylation is 2. The molecule has 0 saturated carbocycles. The van der Waals surface area contributed by atoms with E-state index in [1.165, 1.54) is 26.3 Å². The highest BCUT2D eigenvalue weighted by Gasteiger charge is 2.24. The third-order valence-electron chi connectivity index (χ3n) is 6.06. The number of rotatable bonds is 7. The van der Waals surface area contributed by atoms with Crippen LogP contribution in [0.15, 0.2) is 52.9 Å². The zero-order chi connectivity index (χ0) is 25.3. The average Bonchev–Trinajstić information content (AvgIpc) is 3.21. The third-order valence-corrected chi connectivity index (χ3v) is 6.06. The Kier molecular flexibility index (Phi) is 6.60. The first-order valence-electron chi connectivity index (χ1n) is 11.3. The van der Waals surface area contributed by atoms with Crippen molar-refractivity contribution in [1.82, 2.24) is 5.32 Å². The van der Waals surface area contributed by atoms with Gasteiger partial charge in [-0.15, -0.1) is 0 Å². The Morgan fingerprint density at radius 3 is 2.40 bits per heavy atom. The van der Waals surface area contributed by atoms with Gasteiger partial charge in [-0.05, 0) is 84.1 Å². The number of halogens is 1. The predicted octanol–water partition coefficient (Wildman–Crippen LogP) is 6.23. The summed E-state index contributed by atoms with van der Waals surface area (Å²) in [5, 5.41) is 13.0. The zero-order valence-corrected chi connectivity index (χ0v) is 20.0. The molecule has 1 amide bonds. The number of carboxylic acids is 1. The van der Waals surface area contributed by atoms with Gasteiger partial charge in [-0.3, -0.25) is 4.79 Å². The number of aromatic carboxylic acids is 1. The van der Waals surface area contributed by atoms with Crippen molar-refractivity contribution in [2.24, 2.45) is 0 Å². The van der Waals surface area contributed by atoms with Crippen molar-refractivity contribution >= 4 is 22.8 Å². The summed E-state index contributed by atoms with van der Waals surface area (Å²) in [6.07, 6.45) is 1.58. The van der Waals surface area contributed by atoms with E-state index in [9.17, 15) is 19.1 Å². The number of nitrogens with one attached hydrogen (secondary N) is 1. The Balaban J connectivity index is 2.05. The Labute approximate surface area is 202 Å². The van der Waals surface area contributed by atoms with Gasteiger partial charge in [0, 0.05) is 18.0 Å². The van der Waals surface area contributed by atoms with Gasteiger partial charge >= 0.3 is 5.97 Å². The molecule has 0 aliphatic heterocycles. The lowest BCUT2D eigenvalue weighted by molar-refractivity contribution is 0.0693. The second-order valence-corrected chi connectivity index (χ2v) is 8.32. The van der Waals surface area contributed by atoms with Crippen LogP contribution in [0.2, 0.25) is 0 Å².